The van der Waals surface area contributed by atoms with E-state index >= 15 is 0 Å². The predicted octanol–water partition coefficient (Wildman–Crippen LogP) is 5.53. The van der Waals surface area contributed by atoms with Gasteiger partial charge >= 0.3 is 6.36 Å². The summed E-state index contributed by atoms with van der Waals surface area (Å²) in [7, 11) is 0. The lowest BCUT2D eigenvalue weighted by Gasteiger charge is -2.32. The molecular formula is C29H29F3N2O4. The molecule has 0 bridgehead atoms. The topological polar surface area (TPSA) is 81.9 Å². The summed E-state index contributed by atoms with van der Waals surface area (Å²) in [5.74, 6) is -0.614. The third-order valence-electron chi connectivity index (χ3n) is 6.54. The average molecular weight is 527 g/mol. The van der Waals surface area contributed by atoms with Crippen LogP contribution in [0.15, 0.2) is 66.7 Å². The molecule has 9 heteroatoms. The molecule has 38 heavy (non-hydrogen) atoms. The Labute approximate surface area is 219 Å². The third kappa shape index (κ3) is 7.06. The Hall–Kier alpha value is -4.01. The zero-order chi connectivity index (χ0) is 27.3. The maximum Gasteiger partial charge on any atom is 0.573 e. The van der Waals surface area contributed by atoms with Crippen LogP contribution < -0.4 is 15.2 Å². The number of primary amides is 1. The molecule has 1 heterocycles. The first-order valence-corrected chi connectivity index (χ1v) is 12.4. The van der Waals surface area contributed by atoms with Crippen molar-refractivity contribution in [1.82, 2.24) is 4.90 Å². The van der Waals surface area contributed by atoms with Crippen molar-refractivity contribution in [3.05, 3.63) is 83.4 Å². The van der Waals surface area contributed by atoms with Crippen molar-refractivity contribution in [3.63, 3.8) is 0 Å². The number of hydrogen-bond acceptors (Lipinski definition) is 4. The van der Waals surface area contributed by atoms with Crippen LogP contribution in [0, 0.1) is 0 Å². The van der Waals surface area contributed by atoms with Crippen molar-refractivity contribution in [2.45, 2.75) is 45.1 Å². The Kier molecular flexibility index (Phi) is 8.24. The summed E-state index contributed by atoms with van der Waals surface area (Å²) in [6, 6.07) is 18.8. The van der Waals surface area contributed by atoms with Gasteiger partial charge < -0.3 is 20.1 Å². The van der Waals surface area contributed by atoms with Gasteiger partial charge in [0.05, 0.1) is 12.0 Å². The highest BCUT2D eigenvalue weighted by molar-refractivity contribution is 5.97. The van der Waals surface area contributed by atoms with Crippen LogP contribution in [0.2, 0.25) is 0 Å². The van der Waals surface area contributed by atoms with E-state index in [9.17, 15) is 22.8 Å². The molecule has 0 unspecified atom stereocenters. The number of piperidine rings is 1. The summed E-state index contributed by atoms with van der Waals surface area (Å²) >= 11 is 0. The molecular weight excluding hydrogens is 497 g/mol. The van der Waals surface area contributed by atoms with E-state index in [0.29, 0.717) is 42.8 Å². The van der Waals surface area contributed by atoms with Gasteiger partial charge in [-0.25, -0.2) is 0 Å². The largest absolute Gasteiger partial charge is 0.573 e. The quantitative estimate of drug-likeness (QED) is 0.419. The highest BCUT2D eigenvalue weighted by Crippen LogP contribution is 2.29. The number of hydrogen-bond donors (Lipinski definition) is 1. The van der Waals surface area contributed by atoms with E-state index in [4.69, 9.17) is 10.5 Å². The van der Waals surface area contributed by atoms with Crippen molar-refractivity contribution in [1.29, 1.82) is 0 Å². The number of alkyl halides is 3. The summed E-state index contributed by atoms with van der Waals surface area (Å²) < 4.78 is 47.0. The number of ether oxygens (including phenoxy) is 2. The zero-order valence-corrected chi connectivity index (χ0v) is 21.0. The van der Waals surface area contributed by atoms with Gasteiger partial charge in [-0.15, -0.1) is 13.2 Å². The minimum absolute atomic E-state index is 0.0738. The van der Waals surface area contributed by atoms with Crippen LogP contribution in [-0.2, 0) is 17.6 Å². The van der Waals surface area contributed by atoms with E-state index in [1.807, 2.05) is 18.2 Å². The summed E-state index contributed by atoms with van der Waals surface area (Å²) in [5.41, 5.74) is 9.62. The molecule has 1 aliphatic rings. The van der Waals surface area contributed by atoms with Gasteiger partial charge in [0.1, 0.15) is 17.6 Å². The Balaban J connectivity index is 1.33. The average Bonchev–Trinajstić information content (AvgIpc) is 2.89. The normalized spacial score (nSPS) is 14.3. The molecule has 4 rings (SSSR count). The first-order chi connectivity index (χ1) is 18.1. The molecule has 0 saturated carbocycles. The third-order valence-corrected chi connectivity index (χ3v) is 6.54. The summed E-state index contributed by atoms with van der Waals surface area (Å²) in [6.45, 7) is 3.02. The van der Waals surface area contributed by atoms with E-state index in [-0.39, 0.29) is 24.2 Å². The number of rotatable bonds is 8. The number of carbonyl (C=O) groups is 2. The molecule has 0 spiro atoms. The Morgan fingerprint density at radius 1 is 0.921 bits per heavy atom. The van der Waals surface area contributed by atoms with Gasteiger partial charge in [-0.05, 0) is 52.9 Å². The monoisotopic (exact) mass is 526 g/mol. The number of halogens is 3. The van der Waals surface area contributed by atoms with Crippen LogP contribution >= 0.6 is 0 Å². The van der Waals surface area contributed by atoms with Crippen molar-refractivity contribution < 1.29 is 32.2 Å². The molecule has 0 aliphatic carbocycles. The molecule has 6 nitrogen and oxygen atoms in total. The van der Waals surface area contributed by atoms with Crippen LogP contribution in [0.25, 0.3) is 11.1 Å². The van der Waals surface area contributed by atoms with Crippen molar-refractivity contribution in [2.24, 2.45) is 5.73 Å². The van der Waals surface area contributed by atoms with Gasteiger partial charge in [-0.2, -0.15) is 0 Å². The molecule has 3 aromatic carbocycles. The number of likely N-dealkylation sites (tertiary alicyclic amines) is 1. The Morgan fingerprint density at radius 2 is 1.53 bits per heavy atom. The van der Waals surface area contributed by atoms with Gasteiger partial charge in [0.2, 0.25) is 5.91 Å². The number of amides is 2. The standard InChI is InChI=1S/C29H29F3N2O4/c1-2-19-3-7-21(8-4-19)22-9-12-26(25(18-22)28(33)36)37-23-13-15-34(16-14-23)27(35)17-20-5-10-24(11-6-20)38-29(30,31)32/h3-12,18,23H,2,13-17H2,1H3,(H2,33,36). The SMILES string of the molecule is CCc1ccc(-c2ccc(OC3CCN(C(=O)Cc4ccc(OC(F)(F)F)cc4)CC3)c(C(N)=O)c2)cc1. The minimum atomic E-state index is -4.76. The zero-order valence-electron chi connectivity index (χ0n) is 21.0. The highest BCUT2D eigenvalue weighted by Gasteiger charge is 2.31. The van der Waals surface area contributed by atoms with Gasteiger partial charge in [-0.3, -0.25) is 9.59 Å². The van der Waals surface area contributed by atoms with Gasteiger partial charge in [-0.1, -0.05) is 49.4 Å². The Bertz CT molecular complexity index is 1270. The van der Waals surface area contributed by atoms with E-state index in [1.54, 1.807) is 17.0 Å². The first-order valence-electron chi connectivity index (χ1n) is 12.4. The maximum absolute atomic E-state index is 12.7. The van der Waals surface area contributed by atoms with E-state index < -0.39 is 12.3 Å². The lowest BCUT2D eigenvalue weighted by Crippen LogP contribution is -2.42. The molecule has 3 aromatic rings. The smallest absolute Gasteiger partial charge is 0.489 e. The molecule has 2 amide bonds. The van der Waals surface area contributed by atoms with Gasteiger partial charge in [0, 0.05) is 25.9 Å². The minimum Gasteiger partial charge on any atom is -0.489 e. The number of carbonyl (C=O) groups excluding carboxylic acids is 2. The Morgan fingerprint density at radius 3 is 2.11 bits per heavy atom. The van der Waals surface area contributed by atoms with Crippen molar-refractivity contribution in [2.75, 3.05) is 13.1 Å². The fourth-order valence-electron chi connectivity index (χ4n) is 4.44. The number of nitrogens with zero attached hydrogens (tertiary/aromatic N) is 1. The lowest BCUT2D eigenvalue weighted by molar-refractivity contribution is -0.274. The second-order valence-corrected chi connectivity index (χ2v) is 9.19. The number of nitrogens with two attached hydrogens (primary N) is 1. The van der Waals surface area contributed by atoms with Gasteiger partial charge in [0.15, 0.2) is 0 Å². The fourth-order valence-corrected chi connectivity index (χ4v) is 4.44. The maximum atomic E-state index is 12.7. The summed E-state index contributed by atoms with van der Waals surface area (Å²) in [4.78, 5) is 26.6. The van der Waals surface area contributed by atoms with Crippen LogP contribution in [0.1, 0.15) is 41.3 Å². The highest BCUT2D eigenvalue weighted by atomic mass is 19.4. The molecule has 0 radical (unpaired) electrons. The second-order valence-electron chi connectivity index (χ2n) is 9.19. The van der Waals surface area contributed by atoms with E-state index in [1.165, 1.54) is 29.8 Å². The molecule has 0 atom stereocenters. The van der Waals surface area contributed by atoms with Crippen molar-refractivity contribution in [3.8, 4) is 22.6 Å². The fraction of sp³-hybridized carbons (Fsp3) is 0.310. The van der Waals surface area contributed by atoms with Gasteiger partial charge in [0.25, 0.3) is 5.91 Å². The summed E-state index contributed by atoms with van der Waals surface area (Å²) in [5, 5.41) is 0. The lowest BCUT2D eigenvalue weighted by atomic mass is 10.00. The molecule has 200 valence electrons. The van der Waals surface area contributed by atoms with Crippen molar-refractivity contribution >= 4 is 11.8 Å². The second kappa shape index (κ2) is 11.6. The summed E-state index contributed by atoms with van der Waals surface area (Å²) in [6.07, 6.45) is -2.79. The molecule has 1 fully saturated rings. The predicted molar refractivity (Wildman–Crippen MR) is 137 cm³/mol. The molecule has 1 aliphatic heterocycles. The number of benzene rings is 3. The van der Waals surface area contributed by atoms with E-state index in [2.05, 4.69) is 23.8 Å². The van der Waals surface area contributed by atoms with E-state index in [0.717, 1.165) is 17.5 Å². The van der Waals surface area contributed by atoms with Crippen LogP contribution in [0.5, 0.6) is 11.5 Å². The van der Waals surface area contributed by atoms with Crippen LogP contribution in [0.4, 0.5) is 13.2 Å². The molecule has 2 N–H and O–H groups in total. The van der Waals surface area contributed by atoms with Crippen LogP contribution in [-0.4, -0.2) is 42.3 Å². The molecule has 1 saturated heterocycles. The number of aryl methyl sites for hydroxylation is 1. The molecule has 0 aromatic heterocycles. The van der Waals surface area contributed by atoms with Crippen LogP contribution in [0.3, 0.4) is 0 Å². The first kappa shape index (κ1) is 27.0.